The number of nitrogens with one attached hydrogen (secondary N) is 1. The SMILES string of the molecule is Nc1nc(CN(c2cccc(CC3(C(=O)O)CCC(Oc4cccc(Cl)c4F)CC3)n2)c2nccs2)c(-c2ccnc(Nc3ccc(N4CCOCC4)cc3)n2)s1. The molecule has 2 aromatic carbocycles. The van der Waals surface area contributed by atoms with Crippen LogP contribution in [0, 0.1) is 11.2 Å². The van der Waals surface area contributed by atoms with Crippen LogP contribution in [-0.4, -0.2) is 68.4 Å². The monoisotopic (exact) mass is 827 g/mol. The highest BCUT2D eigenvalue weighted by Crippen LogP contribution is 2.42. The van der Waals surface area contributed by atoms with Gasteiger partial charge >= 0.3 is 5.97 Å². The maximum absolute atomic E-state index is 14.5. The van der Waals surface area contributed by atoms with E-state index in [0.29, 0.717) is 64.8 Å². The van der Waals surface area contributed by atoms with Crippen molar-refractivity contribution >= 4 is 73.6 Å². The Morgan fingerprint density at radius 1 is 1.04 bits per heavy atom. The van der Waals surface area contributed by atoms with Gasteiger partial charge in [-0.05, 0) is 80.3 Å². The summed E-state index contributed by atoms with van der Waals surface area (Å²) in [4.78, 5) is 41.5. The Hall–Kier alpha value is -5.42. The van der Waals surface area contributed by atoms with E-state index in [1.807, 2.05) is 46.7 Å². The Morgan fingerprint density at radius 3 is 2.58 bits per heavy atom. The number of nitrogen functional groups attached to an aromatic ring is 1. The van der Waals surface area contributed by atoms with Crippen molar-refractivity contribution in [2.24, 2.45) is 5.41 Å². The van der Waals surface area contributed by atoms with E-state index >= 15 is 0 Å². The molecule has 2 aliphatic rings. The number of hydrogen-bond acceptors (Lipinski definition) is 14. The van der Waals surface area contributed by atoms with Crippen LogP contribution in [-0.2, 0) is 22.5 Å². The summed E-state index contributed by atoms with van der Waals surface area (Å²) >= 11 is 8.72. The standard InChI is InChI=1S/C40H39ClFN9O4S2/c41-29-4-2-5-32(34(29)42)55-28-11-14-40(15-12-28,36(52)53)23-26-3-1-6-33(46-26)51(39-45-17-22-56-39)24-31-35(57-37(43)48-31)30-13-16-44-38(49-30)47-25-7-9-27(10-8-25)50-18-20-54-21-19-50/h1-10,13,16-17,22,28H,11-12,14-15,18-21,23-24H2,(H2,43,48)(H,52,53)(H,44,47,49). The molecule has 13 nitrogen and oxygen atoms in total. The van der Waals surface area contributed by atoms with Crippen LogP contribution in [0.5, 0.6) is 5.75 Å². The number of hydrogen-bond donors (Lipinski definition) is 3. The number of anilines is 6. The van der Waals surface area contributed by atoms with E-state index in [4.69, 9.17) is 41.8 Å². The highest BCUT2D eigenvalue weighted by molar-refractivity contribution is 7.18. The van der Waals surface area contributed by atoms with Crippen LogP contribution in [0.25, 0.3) is 10.6 Å². The third-order valence-electron chi connectivity index (χ3n) is 10.2. The molecule has 0 spiro atoms. The minimum atomic E-state index is -1.07. The van der Waals surface area contributed by atoms with Crippen molar-refractivity contribution in [1.82, 2.24) is 24.9 Å². The molecule has 1 saturated heterocycles. The summed E-state index contributed by atoms with van der Waals surface area (Å²) in [6, 6.07) is 20.2. The lowest BCUT2D eigenvalue weighted by Gasteiger charge is -2.37. The molecule has 1 aliphatic carbocycles. The highest BCUT2D eigenvalue weighted by Gasteiger charge is 2.43. The largest absolute Gasteiger partial charge is 0.487 e. The van der Waals surface area contributed by atoms with E-state index in [2.05, 4.69) is 32.3 Å². The zero-order chi connectivity index (χ0) is 39.4. The normalized spacial score (nSPS) is 18.3. The quantitative estimate of drug-likeness (QED) is 0.102. The van der Waals surface area contributed by atoms with Crippen LogP contribution in [0.15, 0.2) is 84.5 Å². The van der Waals surface area contributed by atoms with Gasteiger partial charge in [-0.2, -0.15) is 0 Å². The van der Waals surface area contributed by atoms with E-state index in [9.17, 15) is 14.3 Å². The van der Waals surface area contributed by atoms with Crippen molar-refractivity contribution in [3.63, 3.8) is 0 Å². The van der Waals surface area contributed by atoms with Crippen molar-refractivity contribution in [2.45, 2.75) is 44.8 Å². The minimum Gasteiger partial charge on any atom is -0.487 e. The third kappa shape index (κ3) is 8.78. The fourth-order valence-corrected chi connectivity index (χ4v) is 8.85. The predicted molar refractivity (Wildman–Crippen MR) is 221 cm³/mol. The maximum Gasteiger partial charge on any atom is 0.310 e. The van der Waals surface area contributed by atoms with Gasteiger partial charge in [-0.1, -0.05) is 35.1 Å². The number of aromatic nitrogens is 5. The number of pyridine rings is 1. The van der Waals surface area contributed by atoms with Crippen molar-refractivity contribution < 1.29 is 23.8 Å². The molecule has 2 fully saturated rings. The molecular weight excluding hydrogens is 789 g/mol. The number of halogens is 2. The Morgan fingerprint density at radius 2 is 1.82 bits per heavy atom. The summed E-state index contributed by atoms with van der Waals surface area (Å²) in [7, 11) is 0. The number of nitrogens with zero attached hydrogens (tertiary/aromatic N) is 7. The topological polar surface area (TPSA) is 165 Å². The molecule has 5 heterocycles. The first kappa shape index (κ1) is 38.5. The van der Waals surface area contributed by atoms with Gasteiger partial charge in [0.05, 0.1) is 52.6 Å². The van der Waals surface area contributed by atoms with E-state index in [0.717, 1.165) is 42.6 Å². The van der Waals surface area contributed by atoms with Crippen LogP contribution in [0.4, 0.5) is 37.8 Å². The minimum absolute atomic E-state index is 0.0201. The second-order valence-electron chi connectivity index (χ2n) is 13.9. The smallest absolute Gasteiger partial charge is 0.310 e. The molecule has 6 aromatic rings. The van der Waals surface area contributed by atoms with Gasteiger partial charge in [-0.15, -0.1) is 11.3 Å². The lowest BCUT2D eigenvalue weighted by molar-refractivity contribution is -0.152. The first-order valence-corrected chi connectivity index (χ1v) is 20.6. The lowest BCUT2D eigenvalue weighted by atomic mass is 9.70. The molecule has 294 valence electrons. The fourth-order valence-electron chi connectivity index (χ4n) is 7.22. The zero-order valence-corrected chi connectivity index (χ0v) is 33.1. The fraction of sp³-hybridized carbons (Fsp3) is 0.300. The number of thiazole rings is 2. The van der Waals surface area contributed by atoms with Gasteiger partial charge in [0.25, 0.3) is 0 Å². The van der Waals surface area contributed by atoms with Crippen LogP contribution >= 0.6 is 34.3 Å². The molecule has 0 radical (unpaired) electrons. The van der Waals surface area contributed by atoms with E-state index < -0.39 is 17.2 Å². The van der Waals surface area contributed by atoms with E-state index in [1.165, 1.54) is 34.8 Å². The van der Waals surface area contributed by atoms with Crippen LogP contribution < -0.4 is 25.6 Å². The molecule has 0 amide bonds. The summed E-state index contributed by atoms with van der Waals surface area (Å²) < 4.78 is 25.9. The number of carboxylic acids is 1. The van der Waals surface area contributed by atoms with Gasteiger partial charge in [-0.3, -0.25) is 9.69 Å². The first-order valence-electron chi connectivity index (χ1n) is 18.5. The highest BCUT2D eigenvalue weighted by atomic mass is 35.5. The molecule has 57 heavy (non-hydrogen) atoms. The van der Waals surface area contributed by atoms with Gasteiger partial charge < -0.3 is 30.5 Å². The van der Waals surface area contributed by atoms with Gasteiger partial charge in [0.15, 0.2) is 21.8 Å². The van der Waals surface area contributed by atoms with Crippen molar-refractivity contribution in [3.05, 3.63) is 107 Å². The summed E-state index contributed by atoms with van der Waals surface area (Å²) in [6.07, 6.45) is 4.86. The summed E-state index contributed by atoms with van der Waals surface area (Å²) in [5.41, 5.74) is 9.21. The van der Waals surface area contributed by atoms with Crippen LogP contribution in [0.2, 0.25) is 5.02 Å². The average molecular weight is 828 g/mol. The Balaban J connectivity index is 0.996. The van der Waals surface area contributed by atoms with E-state index in [1.54, 1.807) is 18.5 Å². The number of rotatable bonds is 13. The van der Waals surface area contributed by atoms with Gasteiger partial charge in [0, 0.05) is 54.4 Å². The molecular formula is C40H39ClFN9O4S2. The zero-order valence-electron chi connectivity index (χ0n) is 30.7. The number of aliphatic carboxylic acids is 1. The molecule has 17 heteroatoms. The van der Waals surface area contributed by atoms with Crippen molar-refractivity contribution in [3.8, 4) is 16.3 Å². The lowest BCUT2D eigenvalue weighted by Crippen LogP contribution is -2.40. The molecule has 4 N–H and O–H groups in total. The van der Waals surface area contributed by atoms with Crippen LogP contribution in [0.3, 0.4) is 0 Å². The molecule has 0 unspecified atom stereocenters. The Kier molecular flexibility index (Phi) is 11.5. The summed E-state index contributed by atoms with van der Waals surface area (Å²) in [5, 5.41) is 16.8. The third-order valence-corrected chi connectivity index (χ3v) is 12.2. The van der Waals surface area contributed by atoms with E-state index in [-0.39, 0.29) is 29.8 Å². The van der Waals surface area contributed by atoms with Crippen molar-refractivity contribution in [1.29, 1.82) is 0 Å². The van der Waals surface area contributed by atoms with Gasteiger partial charge in [0.1, 0.15) is 5.82 Å². The molecule has 8 rings (SSSR count). The molecule has 1 saturated carbocycles. The Labute approximate surface area is 341 Å². The second-order valence-corrected chi connectivity index (χ2v) is 16.2. The number of benzene rings is 2. The summed E-state index contributed by atoms with van der Waals surface area (Å²) in [6.45, 7) is 3.43. The van der Waals surface area contributed by atoms with Gasteiger partial charge in [-0.25, -0.2) is 29.3 Å². The number of carbonyl (C=O) groups is 1. The molecule has 1 aliphatic heterocycles. The molecule has 0 atom stereocenters. The number of carboxylic acid groups (broad SMARTS) is 1. The van der Waals surface area contributed by atoms with Crippen molar-refractivity contribution in [2.75, 3.05) is 47.2 Å². The maximum atomic E-state index is 14.5. The first-order chi connectivity index (χ1) is 27.7. The summed E-state index contributed by atoms with van der Waals surface area (Å²) in [5.74, 6) is -0.433. The predicted octanol–water partition coefficient (Wildman–Crippen LogP) is 8.38. The van der Waals surface area contributed by atoms with Crippen LogP contribution in [0.1, 0.15) is 37.1 Å². The molecule has 0 bridgehead atoms. The number of nitrogens with two attached hydrogens (primary N) is 1. The average Bonchev–Trinajstić information content (AvgIpc) is 3.90. The number of ether oxygens (including phenoxy) is 2. The van der Waals surface area contributed by atoms with Gasteiger partial charge in [0.2, 0.25) is 5.95 Å². The second kappa shape index (κ2) is 17.0. The Bertz CT molecular complexity index is 2320. The number of morpholine rings is 1. The molecule has 4 aromatic heterocycles.